The van der Waals surface area contributed by atoms with Crippen molar-refractivity contribution in [2.45, 2.75) is 0 Å². The summed E-state index contributed by atoms with van der Waals surface area (Å²) in [7, 11) is 4.46. The Balaban J connectivity index is 2.27. The number of methoxy groups -OCH3 is 3. The van der Waals surface area contributed by atoms with Crippen molar-refractivity contribution in [3.63, 3.8) is 0 Å². The number of Topliss-reactive ketones (excluding diaryl/α,β-unsaturated/α-hetero) is 1. The van der Waals surface area contributed by atoms with E-state index in [-0.39, 0.29) is 17.3 Å². The molecular weight excluding hydrogens is 284 g/mol. The number of carbonyl (C=O) groups excluding carboxylic acids is 2. The average molecular weight is 298 g/mol. The van der Waals surface area contributed by atoms with Crippen molar-refractivity contribution >= 4 is 22.3 Å². The molecule has 1 aliphatic carbocycles. The fraction of sp³-hybridized carbons (Fsp3) is 0.176. The van der Waals surface area contributed by atoms with Crippen LogP contribution < -0.4 is 9.47 Å². The van der Waals surface area contributed by atoms with Crippen LogP contribution in [-0.2, 0) is 4.74 Å². The number of allylic oxidation sites excluding steroid dienone is 2. The maximum Gasteiger partial charge on any atom is 0.228 e. The Morgan fingerprint density at radius 2 is 1.27 bits per heavy atom. The molecule has 0 unspecified atom stereocenters. The lowest BCUT2D eigenvalue weighted by atomic mass is 9.90. The Bertz CT molecular complexity index is 833. The topological polar surface area (TPSA) is 61.8 Å². The monoisotopic (exact) mass is 298 g/mol. The molecule has 1 aliphatic rings. The molecular formula is C17H14O5. The van der Waals surface area contributed by atoms with Gasteiger partial charge < -0.3 is 14.2 Å². The lowest BCUT2D eigenvalue weighted by molar-refractivity contribution is 0.0917. The van der Waals surface area contributed by atoms with Gasteiger partial charge in [-0.25, -0.2) is 0 Å². The highest BCUT2D eigenvalue weighted by molar-refractivity contribution is 6.25. The van der Waals surface area contributed by atoms with Gasteiger partial charge in [-0.2, -0.15) is 0 Å². The predicted octanol–water partition coefficient (Wildman–Crippen LogP) is 2.77. The average Bonchev–Trinajstić information content (AvgIpc) is 2.55. The van der Waals surface area contributed by atoms with E-state index in [1.807, 2.05) is 0 Å². The fourth-order valence-corrected chi connectivity index (χ4v) is 2.57. The first kappa shape index (κ1) is 14.1. The van der Waals surface area contributed by atoms with Gasteiger partial charge >= 0.3 is 0 Å². The quantitative estimate of drug-likeness (QED) is 0.872. The Hall–Kier alpha value is -2.82. The maximum absolute atomic E-state index is 12.3. The molecule has 2 aromatic rings. The molecule has 2 aromatic carbocycles. The molecule has 5 heteroatoms. The van der Waals surface area contributed by atoms with Crippen molar-refractivity contribution in [2.75, 3.05) is 21.3 Å². The van der Waals surface area contributed by atoms with E-state index in [0.717, 1.165) is 10.8 Å². The smallest absolute Gasteiger partial charge is 0.228 e. The molecule has 5 nitrogen and oxygen atoms in total. The van der Waals surface area contributed by atoms with Gasteiger partial charge in [0.25, 0.3) is 0 Å². The first-order chi connectivity index (χ1) is 10.6. The van der Waals surface area contributed by atoms with Crippen LogP contribution in [-0.4, -0.2) is 32.9 Å². The van der Waals surface area contributed by atoms with Crippen LogP contribution in [0.4, 0.5) is 0 Å². The third-order valence-electron chi connectivity index (χ3n) is 3.70. The van der Waals surface area contributed by atoms with Crippen molar-refractivity contribution in [1.82, 2.24) is 0 Å². The summed E-state index contributed by atoms with van der Waals surface area (Å²) in [6.45, 7) is 0. The molecule has 112 valence electrons. The van der Waals surface area contributed by atoms with Crippen LogP contribution in [0.2, 0.25) is 0 Å². The summed E-state index contributed by atoms with van der Waals surface area (Å²) in [5, 5.41) is 1.58. The second-order valence-electron chi connectivity index (χ2n) is 4.86. The Labute approximate surface area is 127 Å². The summed E-state index contributed by atoms with van der Waals surface area (Å²) in [6, 6.07) is 6.92. The molecule has 0 saturated heterocycles. The minimum atomic E-state index is -0.297. The van der Waals surface area contributed by atoms with Gasteiger partial charge in [0.05, 0.1) is 21.3 Å². The molecule has 0 atom stereocenters. The molecule has 0 saturated carbocycles. The molecule has 0 amide bonds. The minimum absolute atomic E-state index is 0.0531. The van der Waals surface area contributed by atoms with E-state index in [2.05, 4.69) is 0 Å². The molecule has 0 radical (unpaired) electrons. The van der Waals surface area contributed by atoms with Gasteiger partial charge in [-0.15, -0.1) is 0 Å². The van der Waals surface area contributed by atoms with Gasteiger partial charge in [0.2, 0.25) is 5.78 Å². The van der Waals surface area contributed by atoms with E-state index in [1.54, 1.807) is 38.5 Å². The van der Waals surface area contributed by atoms with Gasteiger partial charge in [0.1, 0.15) is 0 Å². The summed E-state index contributed by atoms with van der Waals surface area (Å²) >= 11 is 0. The van der Waals surface area contributed by atoms with E-state index < -0.39 is 0 Å². The first-order valence-electron chi connectivity index (χ1n) is 6.63. The fourth-order valence-electron chi connectivity index (χ4n) is 2.57. The Morgan fingerprint density at radius 3 is 1.77 bits per heavy atom. The highest BCUT2D eigenvalue weighted by Gasteiger charge is 2.27. The van der Waals surface area contributed by atoms with Crippen LogP contribution >= 0.6 is 0 Å². The van der Waals surface area contributed by atoms with Gasteiger partial charge in [-0.05, 0) is 35.0 Å². The van der Waals surface area contributed by atoms with Gasteiger partial charge in [0, 0.05) is 17.2 Å². The standard InChI is InChI=1S/C17H14O5/c1-20-14-6-9-4-11-12(5-10(9)7-15(14)21-2)17(19)16(22-3)8-13(11)18/h4-8H,1-3H3. The summed E-state index contributed by atoms with van der Waals surface area (Å²) < 4.78 is 15.5. The lowest BCUT2D eigenvalue weighted by Gasteiger charge is -2.16. The van der Waals surface area contributed by atoms with Crippen LogP contribution in [0.3, 0.4) is 0 Å². The predicted molar refractivity (Wildman–Crippen MR) is 80.8 cm³/mol. The number of hydrogen-bond donors (Lipinski definition) is 0. The highest BCUT2D eigenvalue weighted by Crippen LogP contribution is 2.35. The first-order valence-corrected chi connectivity index (χ1v) is 6.63. The minimum Gasteiger partial charge on any atom is -0.493 e. The number of rotatable bonds is 3. The maximum atomic E-state index is 12.3. The third-order valence-corrected chi connectivity index (χ3v) is 3.70. The van der Waals surface area contributed by atoms with Crippen molar-refractivity contribution < 1.29 is 23.8 Å². The van der Waals surface area contributed by atoms with Crippen LogP contribution in [0.25, 0.3) is 10.8 Å². The number of carbonyl (C=O) groups is 2. The van der Waals surface area contributed by atoms with Crippen LogP contribution in [0, 0.1) is 0 Å². The molecule has 22 heavy (non-hydrogen) atoms. The molecule has 0 spiro atoms. The van der Waals surface area contributed by atoms with Gasteiger partial charge in [-0.1, -0.05) is 0 Å². The highest BCUT2D eigenvalue weighted by atomic mass is 16.5. The normalized spacial score (nSPS) is 13.7. The van der Waals surface area contributed by atoms with E-state index in [1.165, 1.54) is 13.2 Å². The van der Waals surface area contributed by atoms with Crippen molar-refractivity contribution in [1.29, 1.82) is 0 Å². The second kappa shape index (κ2) is 5.18. The molecule has 0 aliphatic heterocycles. The molecule has 0 fully saturated rings. The Morgan fingerprint density at radius 1 is 0.727 bits per heavy atom. The van der Waals surface area contributed by atoms with Crippen LogP contribution in [0.5, 0.6) is 11.5 Å². The van der Waals surface area contributed by atoms with Gasteiger partial charge in [-0.3, -0.25) is 9.59 Å². The van der Waals surface area contributed by atoms with E-state index in [9.17, 15) is 9.59 Å². The number of ketones is 2. The van der Waals surface area contributed by atoms with Crippen molar-refractivity contribution in [2.24, 2.45) is 0 Å². The van der Waals surface area contributed by atoms with Crippen molar-refractivity contribution in [3.05, 3.63) is 47.2 Å². The summed E-state index contributed by atoms with van der Waals surface area (Å²) in [6.07, 6.45) is 1.22. The zero-order chi connectivity index (χ0) is 15.9. The van der Waals surface area contributed by atoms with E-state index in [4.69, 9.17) is 14.2 Å². The number of benzene rings is 2. The number of ether oxygens (including phenoxy) is 3. The van der Waals surface area contributed by atoms with E-state index >= 15 is 0 Å². The molecule has 0 aromatic heterocycles. The molecule has 0 heterocycles. The zero-order valence-electron chi connectivity index (χ0n) is 12.4. The zero-order valence-corrected chi connectivity index (χ0v) is 12.4. The summed E-state index contributed by atoms with van der Waals surface area (Å²) in [4.78, 5) is 24.5. The Kier molecular flexibility index (Phi) is 3.33. The van der Waals surface area contributed by atoms with Crippen LogP contribution in [0.1, 0.15) is 20.7 Å². The molecule has 3 rings (SSSR count). The van der Waals surface area contributed by atoms with E-state index in [0.29, 0.717) is 22.6 Å². The molecule has 0 bridgehead atoms. The third kappa shape index (κ3) is 2.02. The molecule has 0 N–H and O–H groups in total. The number of fused-ring (bicyclic) bond motifs is 2. The summed E-state index contributed by atoms with van der Waals surface area (Å²) in [5.41, 5.74) is 0.703. The lowest BCUT2D eigenvalue weighted by Crippen LogP contribution is -2.17. The largest absolute Gasteiger partial charge is 0.493 e. The number of hydrogen-bond acceptors (Lipinski definition) is 5. The second-order valence-corrected chi connectivity index (χ2v) is 4.86. The van der Waals surface area contributed by atoms with Gasteiger partial charge in [0.15, 0.2) is 23.0 Å². The summed E-state index contributed by atoms with van der Waals surface area (Å²) in [5.74, 6) is 0.638. The van der Waals surface area contributed by atoms with Crippen LogP contribution in [0.15, 0.2) is 36.1 Å². The SMILES string of the molecule is COC1=CC(=O)c2cc3cc(OC)c(OC)cc3cc2C1=O. The van der Waals surface area contributed by atoms with Crippen molar-refractivity contribution in [3.8, 4) is 11.5 Å².